The van der Waals surface area contributed by atoms with E-state index in [-0.39, 0.29) is 12.6 Å². The molecule has 0 saturated carbocycles. The number of methoxy groups -OCH3 is 1. The summed E-state index contributed by atoms with van der Waals surface area (Å²) in [5.74, 6) is 1.91. The number of anilines is 1. The molecular formula is C22H32N4O2. The SMILES string of the molecule is COc1ccc(CN2CCN(c3nc(C)cnc3C)C[C@@H]2CCO)c(C)c1C. The van der Waals surface area contributed by atoms with E-state index in [0.717, 1.165) is 55.6 Å². The second-order valence-corrected chi connectivity index (χ2v) is 7.68. The maximum atomic E-state index is 9.64. The summed E-state index contributed by atoms with van der Waals surface area (Å²) < 4.78 is 5.45. The van der Waals surface area contributed by atoms with Crippen LogP contribution in [0.1, 0.15) is 34.5 Å². The highest BCUT2D eigenvalue weighted by atomic mass is 16.5. The predicted molar refractivity (Wildman–Crippen MR) is 112 cm³/mol. The fourth-order valence-corrected chi connectivity index (χ4v) is 4.00. The zero-order chi connectivity index (χ0) is 20.3. The molecule has 6 heteroatoms. The van der Waals surface area contributed by atoms with Gasteiger partial charge in [0.1, 0.15) is 11.6 Å². The van der Waals surface area contributed by atoms with Gasteiger partial charge < -0.3 is 14.7 Å². The molecule has 1 N–H and O–H groups in total. The first-order chi connectivity index (χ1) is 13.4. The van der Waals surface area contributed by atoms with E-state index in [1.54, 1.807) is 7.11 Å². The summed E-state index contributed by atoms with van der Waals surface area (Å²) in [5.41, 5.74) is 5.70. The van der Waals surface area contributed by atoms with Gasteiger partial charge in [0.05, 0.1) is 18.5 Å². The Hall–Kier alpha value is -2.18. The summed E-state index contributed by atoms with van der Waals surface area (Å²) in [5, 5.41) is 9.64. The molecule has 0 aliphatic carbocycles. The van der Waals surface area contributed by atoms with Crippen LogP contribution in [0.5, 0.6) is 5.75 Å². The molecule has 2 heterocycles. The van der Waals surface area contributed by atoms with Crippen LogP contribution >= 0.6 is 0 Å². The van der Waals surface area contributed by atoms with Crippen LogP contribution in [-0.4, -0.2) is 59.4 Å². The molecule has 1 aliphatic rings. The van der Waals surface area contributed by atoms with Gasteiger partial charge in [0.2, 0.25) is 0 Å². The van der Waals surface area contributed by atoms with Crippen LogP contribution < -0.4 is 9.64 Å². The standard InChI is InChI=1S/C22H32N4O2/c1-15-12-23-18(4)22(24-15)26-10-9-25(20(14-26)8-11-27)13-19-6-7-21(28-5)17(3)16(19)2/h6-7,12,20,27H,8-11,13-14H2,1-5H3/t20-/m0/s1. The molecule has 0 radical (unpaired) electrons. The predicted octanol–water partition coefficient (Wildman–Crippen LogP) is 2.79. The minimum Gasteiger partial charge on any atom is -0.496 e. The number of nitrogens with zero attached hydrogens (tertiary/aromatic N) is 4. The molecule has 0 amide bonds. The number of aliphatic hydroxyl groups is 1. The van der Waals surface area contributed by atoms with Crippen molar-refractivity contribution in [1.29, 1.82) is 0 Å². The Morgan fingerprint density at radius 1 is 1.14 bits per heavy atom. The quantitative estimate of drug-likeness (QED) is 0.826. The summed E-state index contributed by atoms with van der Waals surface area (Å²) in [6, 6.07) is 4.50. The van der Waals surface area contributed by atoms with Crippen molar-refractivity contribution in [3.63, 3.8) is 0 Å². The lowest BCUT2D eigenvalue weighted by molar-refractivity contribution is 0.135. The van der Waals surface area contributed by atoms with Crippen molar-refractivity contribution in [3.05, 3.63) is 46.4 Å². The number of hydrogen-bond acceptors (Lipinski definition) is 6. The molecular weight excluding hydrogens is 352 g/mol. The van der Waals surface area contributed by atoms with Crippen LogP contribution in [0.15, 0.2) is 18.3 Å². The molecule has 1 saturated heterocycles. The summed E-state index contributed by atoms with van der Waals surface area (Å²) in [6.07, 6.45) is 2.57. The van der Waals surface area contributed by atoms with Gasteiger partial charge in [-0.05, 0) is 56.9 Å². The van der Waals surface area contributed by atoms with Gasteiger partial charge in [-0.1, -0.05) is 6.07 Å². The lowest BCUT2D eigenvalue weighted by atomic mass is 10.00. The Morgan fingerprint density at radius 3 is 2.64 bits per heavy atom. The zero-order valence-corrected chi connectivity index (χ0v) is 17.7. The third-order valence-corrected chi connectivity index (χ3v) is 5.86. The van der Waals surface area contributed by atoms with Crippen LogP contribution in [0.4, 0.5) is 5.82 Å². The van der Waals surface area contributed by atoms with Gasteiger partial charge in [-0.15, -0.1) is 0 Å². The summed E-state index contributed by atoms with van der Waals surface area (Å²) in [4.78, 5) is 14.0. The Kier molecular flexibility index (Phi) is 6.52. The number of aliphatic hydroxyl groups excluding tert-OH is 1. The van der Waals surface area contributed by atoms with E-state index in [0.29, 0.717) is 0 Å². The third-order valence-electron chi connectivity index (χ3n) is 5.86. The smallest absolute Gasteiger partial charge is 0.150 e. The largest absolute Gasteiger partial charge is 0.496 e. The highest BCUT2D eigenvalue weighted by Crippen LogP contribution is 2.27. The minimum atomic E-state index is 0.189. The molecule has 0 spiro atoms. The number of aryl methyl sites for hydroxylation is 2. The van der Waals surface area contributed by atoms with E-state index in [4.69, 9.17) is 9.72 Å². The molecule has 1 aromatic heterocycles. The molecule has 2 aromatic rings. The molecule has 6 nitrogen and oxygen atoms in total. The van der Waals surface area contributed by atoms with Crippen molar-refractivity contribution >= 4 is 5.82 Å². The Morgan fingerprint density at radius 2 is 1.93 bits per heavy atom. The monoisotopic (exact) mass is 384 g/mol. The van der Waals surface area contributed by atoms with E-state index in [2.05, 4.69) is 40.8 Å². The lowest BCUT2D eigenvalue weighted by Crippen LogP contribution is -2.53. The topological polar surface area (TPSA) is 61.7 Å². The van der Waals surface area contributed by atoms with Gasteiger partial charge in [0, 0.05) is 45.0 Å². The van der Waals surface area contributed by atoms with Crippen LogP contribution in [0.2, 0.25) is 0 Å². The molecule has 3 rings (SSSR count). The van der Waals surface area contributed by atoms with Gasteiger partial charge in [0.15, 0.2) is 0 Å². The first-order valence-corrected chi connectivity index (χ1v) is 9.97. The van der Waals surface area contributed by atoms with E-state index < -0.39 is 0 Å². The highest BCUT2D eigenvalue weighted by Gasteiger charge is 2.29. The highest BCUT2D eigenvalue weighted by molar-refractivity contribution is 5.45. The number of piperazine rings is 1. The van der Waals surface area contributed by atoms with Crippen molar-refractivity contribution in [2.45, 2.75) is 46.7 Å². The lowest BCUT2D eigenvalue weighted by Gasteiger charge is -2.42. The molecule has 1 aromatic carbocycles. The number of benzene rings is 1. The zero-order valence-electron chi connectivity index (χ0n) is 17.7. The number of aromatic nitrogens is 2. The average molecular weight is 385 g/mol. The van der Waals surface area contributed by atoms with Crippen molar-refractivity contribution in [2.24, 2.45) is 0 Å². The van der Waals surface area contributed by atoms with Crippen molar-refractivity contribution in [2.75, 3.05) is 38.3 Å². The fraction of sp³-hybridized carbons (Fsp3) is 0.545. The van der Waals surface area contributed by atoms with E-state index in [9.17, 15) is 5.11 Å². The normalized spacial score (nSPS) is 17.8. The second-order valence-electron chi connectivity index (χ2n) is 7.68. The van der Waals surface area contributed by atoms with Gasteiger partial charge >= 0.3 is 0 Å². The van der Waals surface area contributed by atoms with E-state index in [1.807, 2.05) is 20.0 Å². The van der Waals surface area contributed by atoms with Gasteiger partial charge in [0.25, 0.3) is 0 Å². The number of hydrogen-bond donors (Lipinski definition) is 1. The first-order valence-electron chi connectivity index (χ1n) is 9.97. The van der Waals surface area contributed by atoms with Gasteiger partial charge in [-0.3, -0.25) is 9.88 Å². The molecule has 1 aliphatic heterocycles. The van der Waals surface area contributed by atoms with Crippen LogP contribution in [-0.2, 0) is 6.54 Å². The minimum absolute atomic E-state index is 0.189. The molecule has 1 fully saturated rings. The average Bonchev–Trinajstić information content (AvgIpc) is 2.69. The van der Waals surface area contributed by atoms with E-state index >= 15 is 0 Å². The summed E-state index contributed by atoms with van der Waals surface area (Å²) in [6.45, 7) is 12.0. The molecule has 152 valence electrons. The van der Waals surface area contributed by atoms with Crippen molar-refractivity contribution in [1.82, 2.24) is 14.9 Å². The Balaban J connectivity index is 1.78. The van der Waals surface area contributed by atoms with E-state index in [1.165, 1.54) is 16.7 Å². The van der Waals surface area contributed by atoms with Crippen LogP contribution in [0.25, 0.3) is 0 Å². The van der Waals surface area contributed by atoms with Crippen LogP contribution in [0, 0.1) is 27.7 Å². The molecule has 28 heavy (non-hydrogen) atoms. The summed E-state index contributed by atoms with van der Waals surface area (Å²) in [7, 11) is 1.72. The van der Waals surface area contributed by atoms with Crippen LogP contribution in [0.3, 0.4) is 0 Å². The summed E-state index contributed by atoms with van der Waals surface area (Å²) >= 11 is 0. The molecule has 0 unspecified atom stereocenters. The fourth-order valence-electron chi connectivity index (χ4n) is 4.00. The van der Waals surface area contributed by atoms with Gasteiger partial charge in [-0.2, -0.15) is 0 Å². The number of rotatable bonds is 6. The molecule has 0 bridgehead atoms. The second kappa shape index (κ2) is 8.88. The van der Waals surface area contributed by atoms with Crippen molar-refractivity contribution in [3.8, 4) is 5.75 Å². The number of ether oxygens (including phenoxy) is 1. The third kappa shape index (κ3) is 4.28. The molecule has 1 atom stereocenters. The Bertz CT molecular complexity index is 824. The van der Waals surface area contributed by atoms with Crippen molar-refractivity contribution < 1.29 is 9.84 Å². The van der Waals surface area contributed by atoms with Gasteiger partial charge in [-0.25, -0.2) is 4.98 Å². The first kappa shape index (κ1) is 20.6. The Labute approximate surface area is 168 Å². The maximum absolute atomic E-state index is 9.64. The maximum Gasteiger partial charge on any atom is 0.150 e.